The van der Waals surface area contributed by atoms with Crippen LogP contribution in [0.3, 0.4) is 0 Å². The predicted octanol–water partition coefficient (Wildman–Crippen LogP) is 3.21. The van der Waals surface area contributed by atoms with E-state index in [-0.39, 0.29) is 0 Å². The number of rotatable bonds is 5. The lowest BCUT2D eigenvalue weighted by Gasteiger charge is -2.05. The van der Waals surface area contributed by atoms with Crippen LogP contribution < -0.4 is 0 Å². The van der Waals surface area contributed by atoms with E-state index in [1.807, 2.05) is 38.1 Å². The van der Waals surface area contributed by atoms with Gasteiger partial charge in [-0.15, -0.1) is 0 Å². The molecule has 0 radical (unpaired) electrons. The molecule has 0 aliphatic rings. The van der Waals surface area contributed by atoms with E-state index >= 15 is 0 Å². The molecule has 5 heteroatoms. The van der Waals surface area contributed by atoms with Crippen LogP contribution in [0.25, 0.3) is 0 Å². The molecule has 0 saturated heterocycles. The molecule has 1 aromatic rings. The highest BCUT2D eigenvalue weighted by Crippen LogP contribution is 2.12. The fourth-order valence-electron chi connectivity index (χ4n) is 1.24. The molecule has 0 amide bonds. The van der Waals surface area contributed by atoms with E-state index in [2.05, 4.69) is 26.2 Å². The molecule has 1 rings (SSSR count). The Kier molecular flexibility index (Phi) is 5.69. The van der Waals surface area contributed by atoms with Crippen molar-refractivity contribution < 1.29 is 9.68 Å². The standard InChI is InChI=1S/C12H15BrN2O2/c1-4-17-15-12(9(2)14-16-3)10-5-7-11(13)8-6-10/h5-8H,4H2,1-3H3/b14-9+,15-12+. The summed E-state index contributed by atoms with van der Waals surface area (Å²) >= 11 is 3.39. The Bertz CT molecular complexity index is 413. The van der Waals surface area contributed by atoms with Crippen molar-refractivity contribution in [2.75, 3.05) is 13.7 Å². The van der Waals surface area contributed by atoms with Crippen LogP contribution in [-0.2, 0) is 9.68 Å². The van der Waals surface area contributed by atoms with Gasteiger partial charge in [0.05, 0.1) is 0 Å². The van der Waals surface area contributed by atoms with Crippen LogP contribution in [0.15, 0.2) is 39.0 Å². The van der Waals surface area contributed by atoms with Gasteiger partial charge in [-0.3, -0.25) is 0 Å². The third-order valence-electron chi connectivity index (χ3n) is 1.97. The molecule has 0 fully saturated rings. The maximum absolute atomic E-state index is 5.09. The highest BCUT2D eigenvalue weighted by molar-refractivity contribution is 9.10. The van der Waals surface area contributed by atoms with Crippen LogP contribution in [-0.4, -0.2) is 25.1 Å². The molecular weight excluding hydrogens is 284 g/mol. The molecule has 4 nitrogen and oxygen atoms in total. The van der Waals surface area contributed by atoms with Crippen LogP contribution >= 0.6 is 15.9 Å². The SMILES string of the molecule is CCO/N=C(\C(C)=N\OC)c1ccc(Br)cc1. The molecule has 1 aromatic carbocycles. The number of hydrogen-bond donors (Lipinski definition) is 0. The Hall–Kier alpha value is -1.36. The first kappa shape index (κ1) is 13.7. The molecule has 0 atom stereocenters. The fourth-order valence-corrected chi connectivity index (χ4v) is 1.51. The van der Waals surface area contributed by atoms with Crippen molar-refractivity contribution in [1.82, 2.24) is 0 Å². The first-order chi connectivity index (χ1) is 8.19. The summed E-state index contributed by atoms with van der Waals surface area (Å²) in [5.74, 6) is 0. The smallest absolute Gasteiger partial charge is 0.134 e. The Morgan fingerprint density at radius 1 is 1.24 bits per heavy atom. The predicted molar refractivity (Wildman–Crippen MR) is 72.4 cm³/mol. The summed E-state index contributed by atoms with van der Waals surface area (Å²) in [6, 6.07) is 7.76. The Morgan fingerprint density at radius 3 is 2.41 bits per heavy atom. The van der Waals surface area contributed by atoms with Gasteiger partial charge in [-0.25, -0.2) is 0 Å². The molecular formula is C12H15BrN2O2. The number of benzene rings is 1. The van der Waals surface area contributed by atoms with Gasteiger partial charge in [0.25, 0.3) is 0 Å². The van der Waals surface area contributed by atoms with E-state index in [0.717, 1.165) is 10.0 Å². The third kappa shape index (κ3) is 4.19. The Labute approximate surface area is 109 Å². The van der Waals surface area contributed by atoms with Crippen LogP contribution in [0.5, 0.6) is 0 Å². The van der Waals surface area contributed by atoms with Gasteiger partial charge in [-0.1, -0.05) is 38.4 Å². The zero-order chi connectivity index (χ0) is 12.7. The lowest BCUT2D eigenvalue weighted by molar-refractivity contribution is 0.159. The van der Waals surface area contributed by atoms with Crippen molar-refractivity contribution in [1.29, 1.82) is 0 Å². The maximum atomic E-state index is 5.09. The van der Waals surface area contributed by atoms with Crippen LogP contribution in [0.4, 0.5) is 0 Å². The fraction of sp³-hybridized carbons (Fsp3) is 0.333. The average molecular weight is 299 g/mol. The molecule has 0 N–H and O–H groups in total. The summed E-state index contributed by atoms with van der Waals surface area (Å²) in [6.45, 7) is 4.22. The van der Waals surface area contributed by atoms with E-state index < -0.39 is 0 Å². The van der Waals surface area contributed by atoms with Crippen LogP contribution in [0, 0.1) is 0 Å². The average Bonchev–Trinajstić information content (AvgIpc) is 2.32. The summed E-state index contributed by atoms with van der Waals surface area (Å²) in [5.41, 5.74) is 2.27. The molecule has 0 bridgehead atoms. The topological polar surface area (TPSA) is 43.2 Å². The maximum Gasteiger partial charge on any atom is 0.134 e. The van der Waals surface area contributed by atoms with Crippen LogP contribution in [0.1, 0.15) is 19.4 Å². The zero-order valence-corrected chi connectivity index (χ0v) is 11.7. The highest BCUT2D eigenvalue weighted by atomic mass is 79.9. The van der Waals surface area contributed by atoms with Gasteiger partial charge in [-0.05, 0) is 26.0 Å². The van der Waals surface area contributed by atoms with E-state index in [4.69, 9.17) is 9.68 Å². The Morgan fingerprint density at radius 2 is 1.88 bits per heavy atom. The monoisotopic (exact) mass is 298 g/mol. The Balaban J connectivity index is 3.06. The van der Waals surface area contributed by atoms with Gasteiger partial charge in [0.15, 0.2) is 0 Å². The van der Waals surface area contributed by atoms with Gasteiger partial charge in [0.2, 0.25) is 0 Å². The molecule has 0 aliphatic heterocycles. The number of nitrogens with zero attached hydrogens (tertiary/aromatic N) is 2. The van der Waals surface area contributed by atoms with Crippen molar-refractivity contribution >= 4 is 27.4 Å². The van der Waals surface area contributed by atoms with Gasteiger partial charge in [0.1, 0.15) is 25.1 Å². The first-order valence-corrected chi connectivity index (χ1v) is 6.02. The van der Waals surface area contributed by atoms with Crippen molar-refractivity contribution in [2.45, 2.75) is 13.8 Å². The van der Waals surface area contributed by atoms with E-state index in [9.17, 15) is 0 Å². The molecule has 0 spiro atoms. The zero-order valence-electron chi connectivity index (χ0n) is 10.1. The summed E-state index contributed by atoms with van der Waals surface area (Å²) in [4.78, 5) is 9.84. The van der Waals surface area contributed by atoms with Gasteiger partial charge >= 0.3 is 0 Å². The van der Waals surface area contributed by atoms with Gasteiger partial charge in [-0.2, -0.15) is 0 Å². The van der Waals surface area contributed by atoms with Crippen molar-refractivity contribution in [3.8, 4) is 0 Å². The third-order valence-corrected chi connectivity index (χ3v) is 2.50. The second-order valence-electron chi connectivity index (χ2n) is 3.22. The molecule has 17 heavy (non-hydrogen) atoms. The number of halogens is 1. The molecule has 0 heterocycles. The van der Waals surface area contributed by atoms with Crippen molar-refractivity contribution in [3.63, 3.8) is 0 Å². The van der Waals surface area contributed by atoms with Gasteiger partial charge < -0.3 is 9.68 Å². The molecule has 0 aliphatic carbocycles. The largest absolute Gasteiger partial charge is 0.399 e. The van der Waals surface area contributed by atoms with Gasteiger partial charge in [0, 0.05) is 10.0 Å². The van der Waals surface area contributed by atoms with E-state index in [1.165, 1.54) is 7.11 Å². The lowest BCUT2D eigenvalue weighted by Crippen LogP contribution is -2.13. The number of oxime groups is 2. The minimum Gasteiger partial charge on any atom is -0.399 e. The first-order valence-electron chi connectivity index (χ1n) is 5.23. The van der Waals surface area contributed by atoms with Crippen LogP contribution in [0.2, 0.25) is 0 Å². The molecule has 0 aromatic heterocycles. The summed E-state index contributed by atoms with van der Waals surface area (Å²) in [7, 11) is 1.50. The summed E-state index contributed by atoms with van der Waals surface area (Å²) in [5, 5.41) is 7.92. The molecule has 0 saturated carbocycles. The minimum absolute atomic E-state index is 0.514. The lowest BCUT2D eigenvalue weighted by atomic mass is 10.1. The second-order valence-corrected chi connectivity index (χ2v) is 4.14. The summed E-state index contributed by atoms with van der Waals surface area (Å²) < 4.78 is 1.01. The highest BCUT2D eigenvalue weighted by Gasteiger charge is 2.09. The number of hydrogen-bond acceptors (Lipinski definition) is 4. The second kappa shape index (κ2) is 7.06. The van der Waals surface area contributed by atoms with E-state index in [0.29, 0.717) is 18.0 Å². The quantitative estimate of drug-likeness (QED) is 0.619. The normalized spacial score (nSPS) is 12.5. The molecule has 0 unspecified atom stereocenters. The summed E-state index contributed by atoms with van der Waals surface area (Å²) in [6.07, 6.45) is 0. The van der Waals surface area contributed by atoms with Crippen molar-refractivity contribution in [2.24, 2.45) is 10.3 Å². The minimum atomic E-state index is 0.514. The van der Waals surface area contributed by atoms with Crippen molar-refractivity contribution in [3.05, 3.63) is 34.3 Å². The molecule has 92 valence electrons. The van der Waals surface area contributed by atoms with E-state index in [1.54, 1.807) is 0 Å².